The minimum absolute atomic E-state index is 0.127. The van der Waals surface area contributed by atoms with E-state index in [0.717, 1.165) is 10.5 Å². The van der Waals surface area contributed by atoms with Crippen molar-refractivity contribution in [1.29, 1.82) is 0 Å². The summed E-state index contributed by atoms with van der Waals surface area (Å²) in [6.07, 6.45) is 1.67. The highest BCUT2D eigenvalue weighted by Gasteiger charge is 2.20. The number of amides is 1. The normalized spacial score (nSPS) is 11.9. The molecule has 0 bridgehead atoms. The van der Waals surface area contributed by atoms with E-state index in [2.05, 4.69) is 41.0 Å². The van der Waals surface area contributed by atoms with Gasteiger partial charge >= 0.3 is 0 Å². The number of halogens is 1. The fraction of sp³-hybridized carbons (Fsp3) is 0.467. The van der Waals surface area contributed by atoms with Gasteiger partial charge in [-0.1, -0.05) is 19.6 Å². The summed E-state index contributed by atoms with van der Waals surface area (Å²) in [5.74, 6) is 4.81. The fourth-order valence-corrected chi connectivity index (χ4v) is 3.72. The van der Waals surface area contributed by atoms with Crippen molar-refractivity contribution in [3.05, 3.63) is 32.8 Å². The van der Waals surface area contributed by atoms with Crippen LogP contribution in [-0.4, -0.2) is 29.7 Å². The van der Waals surface area contributed by atoms with Crippen molar-refractivity contribution in [3.63, 3.8) is 0 Å². The molecule has 0 aliphatic heterocycles. The number of aromatic nitrogens is 2. The molecule has 0 radical (unpaired) electrons. The second kappa shape index (κ2) is 7.22. The monoisotopic (exact) mass is 414 g/mol. The number of nitrogens with two attached hydrogens (primary N) is 1. The van der Waals surface area contributed by atoms with Crippen LogP contribution < -0.4 is 16.8 Å². The molecule has 0 fully saturated rings. The second-order valence-corrected chi connectivity index (χ2v) is 13.4. The lowest BCUT2D eigenvalue weighted by atomic mass is 10.3. The van der Waals surface area contributed by atoms with Crippen molar-refractivity contribution in [2.45, 2.75) is 32.4 Å². The SMILES string of the molecule is Cn1cc(Br)c2cc(C(=O)NN)n(COCC[Si](C)(C)C)c2c1=O. The molecule has 1 amide bonds. The maximum absolute atomic E-state index is 12.5. The van der Waals surface area contributed by atoms with Crippen molar-refractivity contribution in [2.24, 2.45) is 12.9 Å². The van der Waals surface area contributed by atoms with Gasteiger partial charge < -0.3 is 13.9 Å². The van der Waals surface area contributed by atoms with Crippen LogP contribution in [0.1, 0.15) is 10.5 Å². The van der Waals surface area contributed by atoms with Crippen molar-refractivity contribution in [2.75, 3.05) is 6.61 Å². The molecular formula is C15H23BrN4O3Si. The molecule has 9 heteroatoms. The molecule has 0 aliphatic rings. The molecule has 0 spiro atoms. The van der Waals surface area contributed by atoms with Gasteiger partial charge in [0.15, 0.2) is 0 Å². The highest BCUT2D eigenvalue weighted by Crippen LogP contribution is 2.25. The van der Waals surface area contributed by atoms with Crippen molar-refractivity contribution < 1.29 is 9.53 Å². The molecular weight excluding hydrogens is 392 g/mol. The smallest absolute Gasteiger partial charge is 0.281 e. The van der Waals surface area contributed by atoms with Crippen LogP contribution in [-0.2, 0) is 18.5 Å². The van der Waals surface area contributed by atoms with Gasteiger partial charge in [0, 0.05) is 37.8 Å². The maximum atomic E-state index is 12.5. The van der Waals surface area contributed by atoms with Gasteiger partial charge in [-0.2, -0.15) is 0 Å². The Kier molecular flexibility index (Phi) is 5.69. The summed E-state index contributed by atoms with van der Waals surface area (Å²) in [4.78, 5) is 24.6. The summed E-state index contributed by atoms with van der Waals surface area (Å²) in [5.41, 5.74) is 2.63. The van der Waals surface area contributed by atoms with Crippen LogP contribution in [0.25, 0.3) is 10.9 Å². The molecule has 132 valence electrons. The van der Waals surface area contributed by atoms with Gasteiger partial charge in [0.1, 0.15) is 17.9 Å². The van der Waals surface area contributed by atoms with Gasteiger partial charge in [-0.15, -0.1) is 0 Å². The van der Waals surface area contributed by atoms with Crippen LogP contribution in [0.4, 0.5) is 0 Å². The molecule has 7 nitrogen and oxygen atoms in total. The standard InChI is InChI=1S/C15H23BrN4O3Si/c1-19-8-11(16)10-7-12(14(21)18-17)20(13(10)15(19)22)9-23-5-6-24(2,3)4/h7-8H,5-6,9,17H2,1-4H3,(H,18,21). The van der Waals surface area contributed by atoms with E-state index in [-0.39, 0.29) is 12.3 Å². The molecule has 0 aromatic carbocycles. The molecule has 2 aromatic heterocycles. The third-order valence-corrected chi connectivity index (χ3v) is 6.10. The van der Waals surface area contributed by atoms with Crippen LogP contribution in [0.15, 0.2) is 21.5 Å². The molecule has 24 heavy (non-hydrogen) atoms. The molecule has 0 saturated carbocycles. The largest absolute Gasteiger partial charge is 0.361 e. The number of fused-ring (bicyclic) bond motifs is 1. The van der Waals surface area contributed by atoms with E-state index in [0.29, 0.717) is 23.2 Å². The number of hydrogen-bond donors (Lipinski definition) is 2. The van der Waals surface area contributed by atoms with Crippen molar-refractivity contribution in [3.8, 4) is 0 Å². The predicted molar refractivity (Wildman–Crippen MR) is 101 cm³/mol. The number of pyridine rings is 1. The molecule has 0 atom stereocenters. The number of rotatable bonds is 6. The molecule has 0 aliphatic carbocycles. The first-order chi connectivity index (χ1) is 11.2. The van der Waals surface area contributed by atoms with Gasteiger partial charge in [-0.05, 0) is 28.0 Å². The van der Waals surface area contributed by atoms with E-state index >= 15 is 0 Å². The number of hydrazine groups is 1. The summed E-state index contributed by atoms with van der Waals surface area (Å²) in [7, 11) is 0.454. The third kappa shape index (κ3) is 3.97. The summed E-state index contributed by atoms with van der Waals surface area (Å²) in [6.45, 7) is 7.51. The van der Waals surface area contributed by atoms with E-state index in [1.807, 2.05) is 0 Å². The summed E-state index contributed by atoms with van der Waals surface area (Å²) in [6, 6.07) is 2.65. The number of nitrogen functional groups attached to an aromatic ring is 1. The first kappa shape index (κ1) is 18.9. The van der Waals surface area contributed by atoms with Crippen molar-refractivity contribution in [1.82, 2.24) is 14.6 Å². The summed E-state index contributed by atoms with van der Waals surface area (Å²) in [5, 5.41) is 0.658. The fourth-order valence-electron chi connectivity index (χ4n) is 2.36. The van der Waals surface area contributed by atoms with Gasteiger partial charge in [0.05, 0.1) is 0 Å². The average Bonchev–Trinajstić information content (AvgIpc) is 2.87. The first-order valence-corrected chi connectivity index (χ1v) is 12.1. The quantitative estimate of drug-likeness (QED) is 0.248. The maximum Gasteiger partial charge on any atom is 0.281 e. The zero-order chi connectivity index (χ0) is 18.1. The number of carbonyl (C=O) groups is 1. The Morgan fingerprint density at radius 1 is 1.42 bits per heavy atom. The highest BCUT2D eigenvalue weighted by molar-refractivity contribution is 9.10. The van der Waals surface area contributed by atoms with Crippen LogP contribution >= 0.6 is 15.9 Å². The van der Waals surface area contributed by atoms with Crippen LogP contribution in [0.3, 0.4) is 0 Å². The molecule has 2 rings (SSSR count). The number of nitrogens with one attached hydrogen (secondary N) is 1. The Labute approximate surface area is 149 Å². The predicted octanol–water partition coefficient (Wildman–Crippen LogP) is 2.02. The number of nitrogens with zero attached hydrogens (tertiary/aromatic N) is 2. The molecule has 0 unspecified atom stereocenters. The molecule has 2 heterocycles. The summed E-state index contributed by atoms with van der Waals surface area (Å²) < 4.78 is 9.52. The van der Waals surface area contributed by atoms with Crippen molar-refractivity contribution >= 4 is 40.8 Å². The van der Waals surface area contributed by atoms with E-state index < -0.39 is 14.0 Å². The first-order valence-electron chi connectivity index (χ1n) is 7.63. The van der Waals surface area contributed by atoms with Gasteiger partial charge in [0.25, 0.3) is 11.5 Å². The summed E-state index contributed by atoms with van der Waals surface area (Å²) >= 11 is 3.44. The Hall–Kier alpha value is -1.42. The topological polar surface area (TPSA) is 91.3 Å². The highest BCUT2D eigenvalue weighted by atomic mass is 79.9. The van der Waals surface area contributed by atoms with Crippen LogP contribution in [0.2, 0.25) is 25.7 Å². The van der Waals surface area contributed by atoms with E-state index in [1.54, 1.807) is 23.9 Å². The van der Waals surface area contributed by atoms with Crippen LogP contribution in [0, 0.1) is 0 Å². The minimum Gasteiger partial charge on any atom is -0.361 e. The lowest BCUT2D eigenvalue weighted by Gasteiger charge is -2.16. The zero-order valence-electron chi connectivity index (χ0n) is 14.4. The average molecular weight is 415 g/mol. The number of hydrogen-bond acceptors (Lipinski definition) is 4. The molecule has 3 N–H and O–H groups in total. The van der Waals surface area contributed by atoms with E-state index in [1.165, 1.54) is 4.57 Å². The lowest BCUT2D eigenvalue weighted by Crippen LogP contribution is -2.32. The van der Waals surface area contributed by atoms with Gasteiger partial charge in [-0.3, -0.25) is 15.0 Å². The third-order valence-electron chi connectivity index (χ3n) is 3.76. The second-order valence-electron chi connectivity index (χ2n) is 6.93. The number of aryl methyl sites for hydroxylation is 1. The zero-order valence-corrected chi connectivity index (χ0v) is 16.9. The Balaban J connectivity index is 2.45. The number of ether oxygens (including phenoxy) is 1. The Morgan fingerprint density at radius 2 is 2.08 bits per heavy atom. The Morgan fingerprint density at radius 3 is 2.67 bits per heavy atom. The van der Waals surface area contributed by atoms with E-state index in [9.17, 15) is 9.59 Å². The van der Waals surface area contributed by atoms with Gasteiger partial charge in [-0.25, -0.2) is 5.84 Å². The lowest BCUT2D eigenvalue weighted by molar-refractivity contribution is 0.0810. The molecule has 0 saturated heterocycles. The number of carbonyl (C=O) groups excluding carboxylic acids is 1. The minimum atomic E-state index is -1.21. The van der Waals surface area contributed by atoms with E-state index in [4.69, 9.17) is 10.6 Å². The molecule has 2 aromatic rings. The van der Waals surface area contributed by atoms with Gasteiger partial charge in [0.2, 0.25) is 0 Å². The van der Waals surface area contributed by atoms with Crippen LogP contribution in [0.5, 0.6) is 0 Å². The Bertz CT molecular complexity index is 823.